The van der Waals surface area contributed by atoms with Gasteiger partial charge in [0.1, 0.15) is 17.4 Å². The molecule has 2 aromatic heterocycles. The molecule has 3 saturated heterocycles. The smallest absolute Gasteiger partial charge is 0.422 e. The summed E-state index contributed by atoms with van der Waals surface area (Å²) in [6.07, 6.45) is 3.38. The number of benzene rings is 2. The van der Waals surface area contributed by atoms with E-state index in [-0.39, 0.29) is 40.1 Å². The molecule has 10 nitrogen and oxygen atoms in total. The molecule has 0 bridgehead atoms. The lowest BCUT2D eigenvalue weighted by atomic mass is 9.62. The summed E-state index contributed by atoms with van der Waals surface area (Å²) in [6, 6.07) is 5.81. The van der Waals surface area contributed by atoms with Gasteiger partial charge < -0.3 is 24.2 Å². The Bertz CT molecular complexity index is 2010. The van der Waals surface area contributed by atoms with Gasteiger partial charge in [-0.05, 0) is 74.6 Å². The van der Waals surface area contributed by atoms with E-state index in [0.717, 1.165) is 55.2 Å². The quantitative estimate of drug-likeness (QED) is 0.220. The molecule has 4 fully saturated rings. The molecule has 13 heteroatoms. The highest BCUT2D eigenvalue weighted by molar-refractivity contribution is 6.07. The summed E-state index contributed by atoms with van der Waals surface area (Å²) in [5.74, 6) is 0.519. The highest BCUT2D eigenvalue weighted by Crippen LogP contribution is 2.51. The van der Waals surface area contributed by atoms with Crippen molar-refractivity contribution in [3.05, 3.63) is 54.8 Å². The van der Waals surface area contributed by atoms with E-state index in [2.05, 4.69) is 40.2 Å². The maximum atomic E-state index is 13.9. The van der Waals surface area contributed by atoms with Gasteiger partial charge in [0, 0.05) is 66.4 Å². The minimum atomic E-state index is -4.60. The summed E-state index contributed by atoms with van der Waals surface area (Å²) >= 11 is 0. The molecule has 1 amide bonds. The fourth-order valence-electron chi connectivity index (χ4n) is 8.74. The number of piperidine rings is 1. The monoisotopic (exact) mass is 687 g/mol. The van der Waals surface area contributed by atoms with Crippen molar-refractivity contribution < 1.29 is 27.4 Å². The largest absolute Gasteiger partial charge is 0.481 e. The number of nitrogens with zero attached hydrogens (tertiary/aromatic N) is 6. The highest BCUT2D eigenvalue weighted by atomic mass is 19.4. The normalized spacial score (nSPS) is 20.1. The second-order valence-electron chi connectivity index (χ2n) is 14.8. The van der Waals surface area contributed by atoms with Crippen LogP contribution in [0.2, 0.25) is 0 Å². The molecule has 3 aliphatic heterocycles. The number of carbonyl (C=O) groups excluding carboxylic acids is 1. The number of rotatable bonds is 8. The van der Waals surface area contributed by atoms with Crippen LogP contribution in [0.1, 0.15) is 36.8 Å². The number of aryl methyl sites for hydroxylation is 1. The lowest BCUT2D eigenvalue weighted by Crippen LogP contribution is -2.63. The van der Waals surface area contributed by atoms with Crippen LogP contribution in [0.3, 0.4) is 0 Å². The predicted molar refractivity (Wildman–Crippen MR) is 185 cm³/mol. The molecule has 2 aromatic carbocycles. The minimum absolute atomic E-state index is 0.00299. The fraction of sp³-hybridized carbons (Fsp3) is 0.459. The summed E-state index contributed by atoms with van der Waals surface area (Å²) in [5, 5.41) is 8.49. The number of anilines is 1. The molecular formula is C37H40F3N7O3. The first-order chi connectivity index (χ1) is 23.9. The Morgan fingerprint density at radius 2 is 1.80 bits per heavy atom. The topological polar surface area (TPSA) is 99.7 Å². The van der Waals surface area contributed by atoms with Crippen molar-refractivity contribution in [1.29, 1.82) is 0 Å². The van der Waals surface area contributed by atoms with Gasteiger partial charge in [0.25, 0.3) is 0 Å². The first-order valence-electron chi connectivity index (χ1n) is 17.0. The molecule has 1 N–H and O–H groups in total. The summed E-state index contributed by atoms with van der Waals surface area (Å²) in [4.78, 5) is 28.2. The number of amides is 1. The van der Waals surface area contributed by atoms with Gasteiger partial charge in [0.2, 0.25) is 5.91 Å². The van der Waals surface area contributed by atoms with E-state index >= 15 is 0 Å². The van der Waals surface area contributed by atoms with Crippen LogP contribution >= 0.6 is 0 Å². The fourth-order valence-corrected chi connectivity index (χ4v) is 8.74. The van der Waals surface area contributed by atoms with Crippen molar-refractivity contribution in [2.75, 3.05) is 57.8 Å². The Morgan fingerprint density at radius 1 is 1.06 bits per heavy atom. The van der Waals surface area contributed by atoms with Gasteiger partial charge in [-0.15, -0.1) is 0 Å². The Balaban J connectivity index is 1.25. The van der Waals surface area contributed by atoms with E-state index < -0.39 is 12.8 Å². The molecule has 2 spiro atoms. The summed E-state index contributed by atoms with van der Waals surface area (Å²) in [6.45, 7) is 12.8. The van der Waals surface area contributed by atoms with Gasteiger partial charge >= 0.3 is 12.2 Å². The van der Waals surface area contributed by atoms with E-state index in [1.807, 2.05) is 30.0 Å². The van der Waals surface area contributed by atoms with E-state index in [1.54, 1.807) is 12.3 Å². The summed E-state index contributed by atoms with van der Waals surface area (Å²) in [5.41, 5.74) is 3.82. The molecule has 0 radical (unpaired) electrons. The van der Waals surface area contributed by atoms with Crippen molar-refractivity contribution >= 4 is 39.6 Å². The molecule has 5 heterocycles. The van der Waals surface area contributed by atoms with Crippen LogP contribution in [-0.4, -0.2) is 101 Å². The lowest BCUT2D eigenvalue weighted by Gasteiger charge is -2.57. The van der Waals surface area contributed by atoms with Crippen molar-refractivity contribution in [3.63, 3.8) is 0 Å². The number of aromatic amines is 1. The zero-order valence-electron chi connectivity index (χ0n) is 28.3. The number of hydrogen-bond donors (Lipinski definition) is 1. The third kappa shape index (κ3) is 5.55. The number of fused-ring (bicyclic) bond motifs is 2. The minimum Gasteiger partial charge on any atom is -0.481 e. The first kappa shape index (κ1) is 32.5. The number of nitrogens with one attached hydrogen (secondary N) is 1. The number of halogens is 3. The third-order valence-corrected chi connectivity index (χ3v) is 11.1. The molecule has 8 rings (SSSR count). The standard InChI is InChI=1S/C37H40F3N7O3/c1-5-23-13-25-31(32(49-21-37(38,39)40)30(23)29-22(3)7-8-27-26(29)16-41-44-27)42-34(50-24-14-36(15-24)17-45(4)18-36)43-33(25)46-11-9-35(10-12-46)19-47(20-35)28(48)6-2/h5-8,13,16,24H,1-2,9-12,14-15,17-21H2,3-4H3,(H,41,44). The predicted octanol–water partition coefficient (Wildman–Crippen LogP) is 6.15. The van der Waals surface area contributed by atoms with Gasteiger partial charge in [-0.2, -0.15) is 28.2 Å². The maximum absolute atomic E-state index is 13.9. The number of carbonyl (C=O) groups is 1. The second-order valence-corrected chi connectivity index (χ2v) is 14.8. The number of likely N-dealkylation sites (tertiary alicyclic amines) is 2. The van der Waals surface area contributed by atoms with Crippen LogP contribution in [0, 0.1) is 17.8 Å². The molecule has 1 aliphatic carbocycles. The van der Waals surface area contributed by atoms with Gasteiger partial charge in [-0.3, -0.25) is 9.89 Å². The van der Waals surface area contributed by atoms with Crippen molar-refractivity contribution in [3.8, 4) is 22.9 Å². The molecule has 0 atom stereocenters. The van der Waals surface area contributed by atoms with Gasteiger partial charge in [0.05, 0.1) is 11.7 Å². The van der Waals surface area contributed by atoms with Crippen molar-refractivity contribution in [2.45, 2.75) is 44.9 Å². The Kier molecular flexibility index (Phi) is 7.63. The molecule has 4 aromatic rings. The van der Waals surface area contributed by atoms with Gasteiger partial charge in [0.15, 0.2) is 12.4 Å². The third-order valence-electron chi connectivity index (χ3n) is 11.1. The van der Waals surface area contributed by atoms with Crippen LogP contribution in [0.25, 0.3) is 39.0 Å². The number of hydrogen-bond acceptors (Lipinski definition) is 8. The average Bonchev–Trinajstić information content (AvgIpc) is 3.52. The zero-order valence-corrected chi connectivity index (χ0v) is 28.3. The number of H-pyrrole nitrogens is 1. The van der Waals surface area contributed by atoms with Crippen LogP contribution in [0.4, 0.5) is 19.0 Å². The van der Waals surface area contributed by atoms with E-state index in [9.17, 15) is 18.0 Å². The van der Waals surface area contributed by atoms with E-state index in [4.69, 9.17) is 19.4 Å². The molecular weight excluding hydrogens is 647 g/mol. The van der Waals surface area contributed by atoms with Crippen LogP contribution in [0.5, 0.6) is 11.8 Å². The lowest BCUT2D eigenvalue weighted by molar-refractivity contribution is -0.153. The Labute approximate surface area is 287 Å². The highest BCUT2D eigenvalue weighted by Gasteiger charge is 2.52. The molecule has 262 valence electrons. The average molecular weight is 688 g/mol. The first-order valence-corrected chi connectivity index (χ1v) is 17.0. The van der Waals surface area contributed by atoms with E-state index in [0.29, 0.717) is 54.1 Å². The molecule has 1 saturated carbocycles. The molecule has 4 aliphatic rings. The molecule has 0 unspecified atom stereocenters. The van der Waals surface area contributed by atoms with Gasteiger partial charge in [-0.25, -0.2) is 0 Å². The number of aromatic nitrogens is 4. The SMILES string of the molecule is C=CC(=O)N1CC2(CCN(c3nc(OC4CC5(C4)CN(C)C5)nc4c(OCC(F)(F)F)c(-c5c(C)ccc6[nH]ncc56)c(C=C)cc34)CC2)C1. The van der Waals surface area contributed by atoms with Crippen LogP contribution < -0.4 is 14.4 Å². The van der Waals surface area contributed by atoms with Crippen LogP contribution in [0.15, 0.2) is 43.6 Å². The number of ether oxygens (including phenoxy) is 2. The Morgan fingerprint density at radius 3 is 2.46 bits per heavy atom. The number of alkyl halides is 3. The summed E-state index contributed by atoms with van der Waals surface area (Å²) in [7, 11) is 2.10. The van der Waals surface area contributed by atoms with Crippen LogP contribution in [-0.2, 0) is 4.79 Å². The summed E-state index contributed by atoms with van der Waals surface area (Å²) < 4.78 is 53.9. The Hall–Kier alpha value is -4.65. The maximum Gasteiger partial charge on any atom is 0.422 e. The zero-order chi connectivity index (χ0) is 35.0. The van der Waals surface area contributed by atoms with Crippen molar-refractivity contribution in [2.24, 2.45) is 10.8 Å². The van der Waals surface area contributed by atoms with E-state index in [1.165, 1.54) is 6.08 Å². The van der Waals surface area contributed by atoms with Gasteiger partial charge in [-0.1, -0.05) is 25.3 Å². The van der Waals surface area contributed by atoms with Crippen molar-refractivity contribution in [1.82, 2.24) is 30.0 Å². The molecule has 50 heavy (non-hydrogen) atoms. The second kappa shape index (κ2) is 11.7.